The van der Waals surface area contributed by atoms with E-state index in [9.17, 15) is 0 Å². The molecule has 0 radical (unpaired) electrons. The van der Waals surface area contributed by atoms with Crippen LogP contribution in [0.3, 0.4) is 0 Å². The predicted molar refractivity (Wildman–Crippen MR) is 78.4 cm³/mol. The molecule has 1 saturated heterocycles. The zero-order valence-corrected chi connectivity index (χ0v) is 13.1. The van der Waals surface area contributed by atoms with Gasteiger partial charge in [-0.1, -0.05) is 5.16 Å². The fraction of sp³-hybridized carbons (Fsp3) is 0.800. The minimum absolute atomic E-state index is 0.0939. The van der Waals surface area contributed by atoms with E-state index in [0.717, 1.165) is 50.7 Å². The van der Waals surface area contributed by atoms with Gasteiger partial charge in [-0.25, -0.2) is 0 Å². The molecule has 20 heavy (non-hydrogen) atoms. The van der Waals surface area contributed by atoms with Crippen LogP contribution in [0.15, 0.2) is 10.6 Å². The third-order valence-corrected chi connectivity index (χ3v) is 3.32. The molecule has 1 aromatic rings. The first-order valence-electron chi connectivity index (χ1n) is 7.46. The van der Waals surface area contributed by atoms with Crippen LogP contribution in [0, 0.1) is 0 Å². The molecule has 0 bridgehead atoms. The monoisotopic (exact) mass is 281 g/mol. The van der Waals surface area contributed by atoms with Crippen molar-refractivity contribution in [3.8, 4) is 0 Å². The highest BCUT2D eigenvalue weighted by Crippen LogP contribution is 2.12. The third kappa shape index (κ3) is 5.23. The Morgan fingerprint density at radius 2 is 2.25 bits per heavy atom. The van der Waals surface area contributed by atoms with Crippen molar-refractivity contribution in [1.82, 2.24) is 15.4 Å². The normalized spacial score (nSPS) is 21.9. The van der Waals surface area contributed by atoms with Gasteiger partial charge in [-0.3, -0.25) is 4.90 Å². The molecule has 2 heterocycles. The molecule has 2 rings (SSSR count). The van der Waals surface area contributed by atoms with Crippen LogP contribution in [0.4, 0.5) is 0 Å². The van der Waals surface area contributed by atoms with Gasteiger partial charge >= 0.3 is 0 Å². The van der Waals surface area contributed by atoms with Crippen molar-refractivity contribution in [1.29, 1.82) is 0 Å². The summed E-state index contributed by atoms with van der Waals surface area (Å²) in [6.07, 6.45) is 1.37. The summed E-state index contributed by atoms with van der Waals surface area (Å²) in [5.74, 6) is 0.935. The lowest BCUT2D eigenvalue weighted by atomic mass is 10.1. The van der Waals surface area contributed by atoms with E-state index in [1.54, 1.807) is 0 Å². The highest BCUT2D eigenvalue weighted by Gasteiger charge is 2.17. The fourth-order valence-corrected chi connectivity index (χ4v) is 2.31. The van der Waals surface area contributed by atoms with Gasteiger partial charge in [-0.15, -0.1) is 0 Å². The van der Waals surface area contributed by atoms with Crippen molar-refractivity contribution in [2.24, 2.45) is 0 Å². The second-order valence-corrected chi connectivity index (χ2v) is 6.66. The Labute approximate surface area is 121 Å². The van der Waals surface area contributed by atoms with Crippen LogP contribution in [-0.4, -0.2) is 41.4 Å². The van der Waals surface area contributed by atoms with Gasteiger partial charge in [-0.05, 0) is 34.1 Å². The molecule has 0 aliphatic carbocycles. The molecular formula is C15H27N3O2. The third-order valence-electron chi connectivity index (χ3n) is 3.32. The van der Waals surface area contributed by atoms with Crippen molar-refractivity contribution >= 4 is 0 Å². The maximum Gasteiger partial charge on any atom is 0.151 e. The van der Waals surface area contributed by atoms with E-state index in [0.29, 0.717) is 6.10 Å². The molecule has 114 valence electrons. The summed E-state index contributed by atoms with van der Waals surface area (Å²) >= 11 is 0. The van der Waals surface area contributed by atoms with Crippen molar-refractivity contribution < 1.29 is 9.26 Å². The minimum Gasteiger partial charge on any atom is -0.377 e. The summed E-state index contributed by atoms with van der Waals surface area (Å²) in [5, 5.41) is 7.55. The van der Waals surface area contributed by atoms with Gasteiger partial charge in [0.2, 0.25) is 0 Å². The van der Waals surface area contributed by atoms with E-state index < -0.39 is 0 Å². The quantitative estimate of drug-likeness (QED) is 0.916. The predicted octanol–water partition coefficient (Wildman–Crippen LogP) is 2.17. The number of nitrogens with zero attached hydrogens (tertiary/aromatic N) is 2. The van der Waals surface area contributed by atoms with Gasteiger partial charge in [0, 0.05) is 37.8 Å². The number of rotatable bonds is 4. The maximum atomic E-state index is 5.65. The molecule has 5 heteroatoms. The van der Waals surface area contributed by atoms with E-state index in [4.69, 9.17) is 9.26 Å². The van der Waals surface area contributed by atoms with Gasteiger partial charge in [0.25, 0.3) is 0 Å². The van der Waals surface area contributed by atoms with Gasteiger partial charge < -0.3 is 14.6 Å². The number of nitrogens with one attached hydrogen (secondary N) is 1. The average Bonchev–Trinajstić information content (AvgIpc) is 2.69. The van der Waals surface area contributed by atoms with E-state index >= 15 is 0 Å². The van der Waals surface area contributed by atoms with E-state index in [1.807, 2.05) is 0 Å². The Morgan fingerprint density at radius 3 is 3.00 bits per heavy atom. The van der Waals surface area contributed by atoms with Crippen LogP contribution in [-0.2, 0) is 17.8 Å². The number of aromatic nitrogens is 1. The molecule has 1 aliphatic rings. The first-order chi connectivity index (χ1) is 9.42. The zero-order chi connectivity index (χ0) is 14.6. The Balaban J connectivity index is 1.85. The van der Waals surface area contributed by atoms with Gasteiger partial charge in [0.05, 0.1) is 18.3 Å². The Hall–Kier alpha value is -0.910. The van der Waals surface area contributed by atoms with Gasteiger partial charge in [0.15, 0.2) is 5.76 Å². The van der Waals surface area contributed by atoms with Crippen molar-refractivity contribution in [2.75, 3.05) is 19.7 Å². The van der Waals surface area contributed by atoms with Crippen molar-refractivity contribution in [3.63, 3.8) is 0 Å². The van der Waals surface area contributed by atoms with Crippen LogP contribution in [0.5, 0.6) is 0 Å². The molecule has 0 aromatic carbocycles. The first-order valence-corrected chi connectivity index (χ1v) is 7.46. The number of ether oxygens (including phenoxy) is 1. The maximum absolute atomic E-state index is 5.65. The van der Waals surface area contributed by atoms with Crippen LogP contribution in [0.1, 0.15) is 45.6 Å². The summed E-state index contributed by atoms with van der Waals surface area (Å²) in [7, 11) is 0. The number of hydrogen-bond donors (Lipinski definition) is 1. The first kappa shape index (κ1) is 15.5. The zero-order valence-electron chi connectivity index (χ0n) is 13.1. The van der Waals surface area contributed by atoms with Crippen LogP contribution in [0.25, 0.3) is 0 Å². The van der Waals surface area contributed by atoms with Gasteiger partial charge in [0.1, 0.15) is 0 Å². The van der Waals surface area contributed by atoms with Crippen LogP contribution in [0.2, 0.25) is 0 Å². The molecule has 0 spiro atoms. The topological polar surface area (TPSA) is 50.5 Å². The van der Waals surface area contributed by atoms with Crippen molar-refractivity contribution in [3.05, 3.63) is 17.5 Å². The summed E-state index contributed by atoms with van der Waals surface area (Å²) in [4.78, 5) is 2.37. The lowest BCUT2D eigenvalue weighted by Crippen LogP contribution is -2.35. The summed E-state index contributed by atoms with van der Waals surface area (Å²) in [6, 6.07) is 2.05. The molecule has 1 fully saturated rings. The molecule has 0 saturated carbocycles. The molecule has 1 N–H and O–H groups in total. The fourth-order valence-electron chi connectivity index (χ4n) is 2.31. The highest BCUT2D eigenvalue weighted by molar-refractivity contribution is 5.05. The minimum atomic E-state index is 0.0939. The second-order valence-electron chi connectivity index (χ2n) is 6.66. The largest absolute Gasteiger partial charge is 0.377 e. The smallest absolute Gasteiger partial charge is 0.151 e. The second kappa shape index (κ2) is 6.70. The van der Waals surface area contributed by atoms with Crippen molar-refractivity contribution in [2.45, 2.75) is 58.8 Å². The Kier molecular flexibility index (Phi) is 5.18. The van der Waals surface area contributed by atoms with Crippen LogP contribution >= 0.6 is 0 Å². The Morgan fingerprint density at radius 1 is 1.45 bits per heavy atom. The van der Waals surface area contributed by atoms with E-state index in [2.05, 4.69) is 49.1 Å². The lowest BCUT2D eigenvalue weighted by Gasteiger charge is -2.20. The molecule has 0 amide bonds. The molecule has 5 nitrogen and oxygen atoms in total. The number of hydrogen-bond acceptors (Lipinski definition) is 5. The van der Waals surface area contributed by atoms with Crippen LogP contribution < -0.4 is 5.32 Å². The highest BCUT2D eigenvalue weighted by atomic mass is 16.5. The lowest BCUT2D eigenvalue weighted by molar-refractivity contribution is 0.0655. The van der Waals surface area contributed by atoms with Gasteiger partial charge in [-0.2, -0.15) is 0 Å². The average molecular weight is 281 g/mol. The van der Waals surface area contributed by atoms with E-state index in [-0.39, 0.29) is 5.54 Å². The van der Waals surface area contributed by atoms with E-state index in [1.165, 1.54) is 0 Å². The molecule has 1 unspecified atom stereocenters. The standard InChI is InChI=1S/C15H27N3O2/c1-12-10-18(6-5-7-19-12)11-14-8-13(17-20-14)9-16-15(2,3)4/h8,12,16H,5-7,9-11H2,1-4H3. The summed E-state index contributed by atoms with van der Waals surface area (Å²) < 4.78 is 11.1. The Bertz CT molecular complexity index is 411. The SMILES string of the molecule is CC1CN(Cc2cc(CNC(C)(C)C)no2)CCCO1. The molecule has 1 aromatic heterocycles. The summed E-state index contributed by atoms with van der Waals surface area (Å²) in [5.41, 5.74) is 1.06. The molecular weight excluding hydrogens is 254 g/mol. The summed E-state index contributed by atoms with van der Waals surface area (Å²) in [6.45, 7) is 13.0. The molecule has 1 atom stereocenters. The molecule has 1 aliphatic heterocycles.